The fourth-order valence-electron chi connectivity index (χ4n) is 5.68. The van der Waals surface area contributed by atoms with Gasteiger partial charge in [0.25, 0.3) is 12.0 Å². The van der Waals surface area contributed by atoms with E-state index >= 15 is 0 Å². The molecule has 0 nitrogen and oxygen atoms in total. The van der Waals surface area contributed by atoms with E-state index in [1.807, 2.05) is 45.9 Å². The molecule has 0 radical (unpaired) electrons. The first-order chi connectivity index (χ1) is 17.7. The number of benzene rings is 4. The lowest BCUT2D eigenvalue weighted by Gasteiger charge is -2.31. The van der Waals surface area contributed by atoms with Gasteiger partial charge in [0.2, 0.25) is 0 Å². The summed E-state index contributed by atoms with van der Waals surface area (Å²) in [6.45, 7) is 0. The molecule has 0 spiro atoms. The van der Waals surface area contributed by atoms with Gasteiger partial charge in [-0.2, -0.15) is 0 Å². The highest BCUT2D eigenvalue weighted by Crippen LogP contribution is 2.37. The molecule has 6 heteroatoms. The lowest BCUT2D eigenvalue weighted by atomic mass is 9.41. The van der Waals surface area contributed by atoms with Crippen LogP contribution in [0.1, 0.15) is 0 Å². The zero-order chi connectivity index (χ0) is 24.2. The van der Waals surface area contributed by atoms with Crippen LogP contribution in [0.4, 0.5) is 0 Å². The van der Waals surface area contributed by atoms with Crippen molar-refractivity contribution in [1.29, 1.82) is 0 Å². The highest BCUT2D eigenvalue weighted by Gasteiger charge is 2.37. The smallest absolute Gasteiger partial charge is 0.200 e. The molecule has 0 saturated heterocycles. The molecule has 0 bridgehead atoms. The largest absolute Gasteiger partial charge is 0.273 e. The van der Waals surface area contributed by atoms with Gasteiger partial charge in [-0.15, -0.1) is 22.7 Å². The molecular formula is C30H22B2S4. The summed E-state index contributed by atoms with van der Waals surface area (Å²) in [5.41, 5.74) is 8.60. The second-order valence-corrected chi connectivity index (χ2v) is 13.0. The van der Waals surface area contributed by atoms with E-state index in [-0.39, 0.29) is 0 Å². The molecule has 1 aliphatic heterocycles. The highest BCUT2D eigenvalue weighted by molar-refractivity contribution is 8.29. The molecule has 6 aromatic rings. The number of fused-ring (bicyclic) bond motifs is 4. The maximum absolute atomic E-state index is 2.51. The quantitative estimate of drug-likeness (QED) is 0.183. The molecule has 0 N–H and O–H groups in total. The Morgan fingerprint density at radius 3 is 1.33 bits per heavy atom. The van der Waals surface area contributed by atoms with Crippen molar-refractivity contribution in [3.8, 4) is 20.9 Å². The van der Waals surface area contributed by atoms with Gasteiger partial charge in [-0.05, 0) is 80.2 Å². The van der Waals surface area contributed by atoms with Gasteiger partial charge in [0, 0.05) is 9.75 Å². The normalized spacial score (nSPS) is 12.8. The first-order valence-corrected chi connectivity index (χ1v) is 16.4. The highest BCUT2D eigenvalue weighted by atomic mass is 32.2. The first-order valence-electron chi connectivity index (χ1n) is 12.0. The van der Waals surface area contributed by atoms with E-state index in [1.54, 1.807) is 0 Å². The number of hydrogen-bond donors (Lipinski definition) is 0. The van der Waals surface area contributed by atoms with Crippen LogP contribution in [0.3, 0.4) is 0 Å². The molecule has 4 aromatic carbocycles. The Bertz CT molecular complexity index is 1590. The summed E-state index contributed by atoms with van der Waals surface area (Å²) in [6, 6.07) is 32.3. The predicted octanol–water partition coefficient (Wildman–Crippen LogP) is 6.70. The standard InChI is InChI=1S/C30H22B2S4/c1-33-31-25-15-21-13-19-7-3-4-8-20(19)14-22(21)16-26(25)32(34-2)28-18-24(30-10-6-12-36-30)23(17-27(28)31)29-9-5-11-35-29/h3-18H,1-2H3. The number of hydrogen-bond acceptors (Lipinski definition) is 4. The van der Waals surface area contributed by atoms with Crippen molar-refractivity contribution in [3.05, 3.63) is 95.7 Å². The van der Waals surface area contributed by atoms with E-state index in [0.717, 1.165) is 0 Å². The average molecular weight is 532 g/mol. The van der Waals surface area contributed by atoms with Crippen molar-refractivity contribution in [2.75, 3.05) is 12.5 Å². The molecule has 0 unspecified atom stereocenters. The van der Waals surface area contributed by atoms with Crippen LogP contribution in [0, 0.1) is 0 Å². The van der Waals surface area contributed by atoms with Crippen molar-refractivity contribution < 1.29 is 0 Å². The Morgan fingerprint density at radius 1 is 0.500 bits per heavy atom. The van der Waals surface area contributed by atoms with E-state index < -0.39 is 0 Å². The molecule has 0 aliphatic carbocycles. The molecular weight excluding hydrogens is 510 g/mol. The van der Waals surface area contributed by atoms with Gasteiger partial charge in [-0.1, -0.05) is 82.5 Å². The molecule has 0 amide bonds. The Hall–Kier alpha value is -2.37. The summed E-state index contributed by atoms with van der Waals surface area (Å²) in [7, 11) is 0. The fourth-order valence-corrected chi connectivity index (χ4v) is 9.03. The molecule has 0 atom stereocenters. The van der Waals surface area contributed by atoms with Crippen LogP contribution in [0.15, 0.2) is 95.7 Å². The van der Waals surface area contributed by atoms with Gasteiger partial charge in [-0.3, -0.25) is 0 Å². The number of rotatable bonds is 4. The van der Waals surface area contributed by atoms with E-state index in [0.29, 0.717) is 12.0 Å². The summed E-state index contributed by atoms with van der Waals surface area (Å²) in [4.78, 5) is 2.69. The van der Waals surface area contributed by atoms with E-state index in [2.05, 4.69) is 108 Å². The van der Waals surface area contributed by atoms with E-state index in [1.165, 1.54) is 64.3 Å². The second kappa shape index (κ2) is 9.18. The zero-order valence-electron chi connectivity index (χ0n) is 20.0. The molecule has 2 aromatic heterocycles. The van der Waals surface area contributed by atoms with Crippen molar-refractivity contribution in [1.82, 2.24) is 0 Å². The minimum absolute atomic E-state index is 0.324. The minimum atomic E-state index is 0.324. The zero-order valence-corrected chi connectivity index (χ0v) is 23.3. The Labute approximate surface area is 229 Å². The van der Waals surface area contributed by atoms with E-state index in [4.69, 9.17) is 0 Å². The van der Waals surface area contributed by atoms with Crippen LogP contribution < -0.4 is 21.9 Å². The van der Waals surface area contributed by atoms with Crippen molar-refractivity contribution in [2.24, 2.45) is 0 Å². The minimum Gasteiger partial charge on any atom is -0.200 e. The lowest BCUT2D eigenvalue weighted by molar-refractivity contribution is 1.74. The van der Waals surface area contributed by atoms with Crippen molar-refractivity contribution in [3.63, 3.8) is 0 Å². The molecule has 1 aliphatic rings. The summed E-state index contributed by atoms with van der Waals surface area (Å²) in [6.07, 6.45) is 4.53. The van der Waals surface area contributed by atoms with Gasteiger partial charge in [0.05, 0.1) is 0 Å². The van der Waals surface area contributed by atoms with Gasteiger partial charge in [0.1, 0.15) is 0 Å². The van der Waals surface area contributed by atoms with E-state index in [9.17, 15) is 0 Å². The summed E-state index contributed by atoms with van der Waals surface area (Å²) < 4.78 is 0. The van der Waals surface area contributed by atoms with Crippen LogP contribution in [0.2, 0.25) is 0 Å². The maximum atomic E-state index is 2.51. The van der Waals surface area contributed by atoms with Gasteiger partial charge in [-0.25, -0.2) is 23.2 Å². The second-order valence-electron chi connectivity index (χ2n) is 9.24. The molecule has 0 fully saturated rings. The van der Waals surface area contributed by atoms with Crippen LogP contribution in [0.5, 0.6) is 0 Å². The summed E-state index contributed by atoms with van der Waals surface area (Å²) in [5, 5.41) is 9.67. The molecule has 36 heavy (non-hydrogen) atoms. The molecule has 0 saturated carbocycles. The topological polar surface area (TPSA) is 0 Å². The first kappa shape index (κ1) is 22.8. The van der Waals surface area contributed by atoms with Gasteiger partial charge in [0.15, 0.2) is 0 Å². The third-order valence-corrected chi connectivity index (χ3v) is 11.1. The SMILES string of the molecule is CSB1c2cc(-c3cccs3)c(-c3cccs3)cc2B(SC)c2cc3cc4ccccc4cc3cc21. The van der Waals surface area contributed by atoms with Crippen molar-refractivity contribution in [2.45, 2.75) is 0 Å². The van der Waals surface area contributed by atoms with Crippen LogP contribution in [-0.4, -0.2) is 24.5 Å². The molecule has 172 valence electrons. The Kier molecular flexibility index (Phi) is 5.81. The molecule has 7 rings (SSSR count). The summed E-state index contributed by atoms with van der Waals surface area (Å²) in [5.74, 6) is 0.649. The van der Waals surface area contributed by atoms with Crippen LogP contribution in [-0.2, 0) is 0 Å². The maximum Gasteiger partial charge on any atom is 0.273 e. The monoisotopic (exact) mass is 532 g/mol. The van der Waals surface area contributed by atoms with Gasteiger partial charge < -0.3 is 0 Å². The summed E-state index contributed by atoms with van der Waals surface area (Å²) >= 11 is 7.59. The van der Waals surface area contributed by atoms with Gasteiger partial charge >= 0.3 is 0 Å². The van der Waals surface area contributed by atoms with Crippen LogP contribution >= 0.6 is 45.9 Å². The third kappa shape index (κ3) is 3.61. The fraction of sp³-hybridized carbons (Fsp3) is 0.0667. The Morgan fingerprint density at radius 2 is 0.944 bits per heavy atom. The third-order valence-electron chi connectivity index (χ3n) is 7.30. The Balaban J connectivity index is 1.50. The molecule has 3 heterocycles. The van der Waals surface area contributed by atoms with Crippen LogP contribution in [0.25, 0.3) is 42.4 Å². The average Bonchev–Trinajstić information content (AvgIpc) is 3.64. The van der Waals surface area contributed by atoms with Crippen molar-refractivity contribution >= 4 is 101 Å². The lowest BCUT2D eigenvalue weighted by Crippen LogP contribution is -2.66. The number of thiophene rings is 2. The predicted molar refractivity (Wildman–Crippen MR) is 172 cm³/mol.